The summed E-state index contributed by atoms with van der Waals surface area (Å²) in [4.78, 5) is 12.0. The first-order valence-electron chi connectivity index (χ1n) is 8.62. The van der Waals surface area contributed by atoms with E-state index in [1.165, 1.54) is 6.92 Å². The summed E-state index contributed by atoms with van der Waals surface area (Å²) in [6.07, 6.45) is 6.14. The number of esters is 1. The highest BCUT2D eigenvalue weighted by Gasteiger charge is 2.63. The Bertz CT molecular complexity index is 529. The SMILES string of the molecule is CCCC1CCC(OC(=O)C2=CC=C(CC)C(F)(F)C2(F)F)CC1. The molecule has 0 spiro atoms. The summed E-state index contributed by atoms with van der Waals surface area (Å²) in [5, 5.41) is 0. The summed E-state index contributed by atoms with van der Waals surface area (Å²) in [6.45, 7) is 3.48. The molecule has 24 heavy (non-hydrogen) atoms. The highest BCUT2D eigenvalue weighted by atomic mass is 19.3. The molecule has 0 aromatic carbocycles. The summed E-state index contributed by atoms with van der Waals surface area (Å²) in [7, 11) is 0. The van der Waals surface area contributed by atoms with Crippen molar-refractivity contribution >= 4 is 5.97 Å². The zero-order chi connectivity index (χ0) is 18.0. The second kappa shape index (κ2) is 7.28. The molecule has 0 aromatic heterocycles. The quantitative estimate of drug-likeness (QED) is 0.489. The van der Waals surface area contributed by atoms with Crippen LogP contribution in [0.25, 0.3) is 0 Å². The second-order valence-corrected chi connectivity index (χ2v) is 6.61. The Balaban J connectivity index is 2.05. The Morgan fingerprint density at radius 2 is 1.71 bits per heavy atom. The number of allylic oxidation sites excluding steroid dienone is 3. The number of ether oxygens (including phenoxy) is 1. The van der Waals surface area contributed by atoms with Gasteiger partial charge < -0.3 is 4.74 Å². The monoisotopic (exact) mass is 348 g/mol. The molecule has 0 atom stereocenters. The van der Waals surface area contributed by atoms with E-state index in [0.29, 0.717) is 18.8 Å². The molecule has 2 aliphatic rings. The van der Waals surface area contributed by atoms with Gasteiger partial charge in [-0.25, -0.2) is 4.79 Å². The first-order valence-corrected chi connectivity index (χ1v) is 8.62. The normalized spacial score (nSPS) is 28.8. The molecule has 0 aliphatic heterocycles. The smallest absolute Gasteiger partial charge is 0.346 e. The Morgan fingerprint density at radius 1 is 1.08 bits per heavy atom. The van der Waals surface area contributed by atoms with Gasteiger partial charge in [-0.05, 0) is 44.1 Å². The second-order valence-electron chi connectivity index (χ2n) is 6.61. The predicted molar refractivity (Wildman–Crippen MR) is 83.1 cm³/mol. The standard InChI is InChI=1S/C18H24F4O2/c1-3-5-12-6-9-14(10-7-12)24-16(23)15-11-8-13(4-2)17(19,20)18(15,21)22/h8,11-12,14H,3-7,9-10H2,1-2H3. The zero-order valence-electron chi connectivity index (χ0n) is 14.1. The van der Waals surface area contributed by atoms with Gasteiger partial charge in [0.1, 0.15) is 11.7 Å². The van der Waals surface area contributed by atoms with E-state index in [-0.39, 0.29) is 6.42 Å². The average Bonchev–Trinajstić information content (AvgIpc) is 2.52. The van der Waals surface area contributed by atoms with Gasteiger partial charge in [0.2, 0.25) is 0 Å². The molecule has 2 nitrogen and oxygen atoms in total. The van der Waals surface area contributed by atoms with E-state index >= 15 is 0 Å². The van der Waals surface area contributed by atoms with E-state index in [0.717, 1.165) is 37.8 Å². The first-order chi connectivity index (χ1) is 11.2. The van der Waals surface area contributed by atoms with E-state index in [2.05, 4.69) is 6.92 Å². The molecule has 0 N–H and O–H groups in total. The zero-order valence-corrected chi connectivity index (χ0v) is 14.1. The lowest BCUT2D eigenvalue weighted by atomic mass is 9.84. The molecule has 1 fully saturated rings. The minimum Gasteiger partial charge on any atom is -0.459 e. The van der Waals surface area contributed by atoms with Gasteiger partial charge in [0, 0.05) is 5.57 Å². The van der Waals surface area contributed by atoms with Crippen molar-refractivity contribution in [3.63, 3.8) is 0 Å². The lowest BCUT2D eigenvalue weighted by Gasteiger charge is -2.33. The fourth-order valence-electron chi connectivity index (χ4n) is 3.46. The number of carbonyl (C=O) groups excluding carboxylic acids is 1. The molecule has 0 heterocycles. The fourth-order valence-corrected chi connectivity index (χ4v) is 3.46. The number of hydrogen-bond donors (Lipinski definition) is 0. The molecule has 0 bridgehead atoms. The lowest BCUT2D eigenvalue weighted by molar-refractivity contribution is -0.178. The van der Waals surface area contributed by atoms with Crippen LogP contribution in [0, 0.1) is 5.92 Å². The van der Waals surface area contributed by atoms with Crippen molar-refractivity contribution in [3.05, 3.63) is 23.3 Å². The number of halogens is 4. The minimum atomic E-state index is -4.54. The molecule has 136 valence electrons. The molecule has 2 rings (SSSR count). The fraction of sp³-hybridized carbons (Fsp3) is 0.722. The molecular formula is C18H24F4O2. The van der Waals surface area contributed by atoms with Gasteiger partial charge in [-0.1, -0.05) is 32.8 Å². The summed E-state index contributed by atoms with van der Waals surface area (Å²) < 4.78 is 61.1. The average molecular weight is 348 g/mol. The maximum atomic E-state index is 14.1. The molecule has 0 radical (unpaired) electrons. The van der Waals surface area contributed by atoms with Crippen LogP contribution in [0.5, 0.6) is 0 Å². The van der Waals surface area contributed by atoms with Crippen molar-refractivity contribution in [2.24, 2.45) is 5.92 Å². The summed E-state index contributed by atoms with van der Waals surface area (Å²) in [5.41, 5.74) is -1.93. The molecule has 0 unspecified atom stereocenters. The van der Waals surface area contributed by atoms with Gasteiger partial charge >= 0.3 is 17.8 Å². The van der Waals surface area contributed by atoms with Crippen LogP contribution in [0.2, 0.25) is 0 Å². The molecule has 1 saturated carbocycles. The van der Waals surface area contributed by atoms with Gasteiger partial charge in [-0.3, -0.25) is 0 Å². The third kappa shape index (κ3) is 3.52. The van der Waals surface area contributed by atoms with Gasteiger partial charge in [0.25, 0.3) is 0 Å². The predicted octanol–water partition coefficient (Wildman–Crippen LogP) is 5.44. The van der Waals surface area contributed by atoms with E-state index in [1.807, 2.05) is 0 Å². The molecular weight excluding hydrogens is 324 g/mol. The summed E-state index contributed by atoms with van der Waals surface area (Å²) >= 11 is 0. The van der Waals surface area contributed by atoms with Crippen molar-refractivity contribution < 1.29 is 27.1 Å². The van der Waals surface area contributed by atoms with Gasteiger partial charge in [0.15, 0.2) is 0 Å². The maximum Gasteiger partial charge on any atom is 0.346 e. The topological polar surface area (TPSA) is 26.3 Å². The van der Waals surface area contributed by atoms with Crippen molar-refractivity contribution in [2.75, 3.05) is 0 Å². The van der Waals surface area contributed by atoms with E-state index in [1.54, 1.807) is 0 Å². The molecule has 6 heteroatoms. The van der Waals surface area contributed by atoms with Crippen LogP contribution in [-0.2, 0) is 9.53 Å². The van der Waals surface area contributed by atoms with Crippen molar-refractivity contribution in [1.29, 1.82) is 0 Å². The van der Waals surface area contributed by atoms with Crippen LogP contribution >= 0.6 is 0 Å². The number of hydrogen-bond acceptors (Lipinski definition) is 2. The van der Waals surface area contributed by atoms with E-state index in [4.69, 9.17) is 4.74 Å². The Morgan fingerprint density at radius 3 is 2.25 bits per heavy atom. The molecule has 0 aromatic rings. The van der Waals surface area contributed by atoms with Gasteiger partial charge in [-0.15, -0.1) is 0 Å². The van der Waals surface area contributed by atoms with Crippen LogP contribution < -0.4 is 0 Å². The Hall–Kier alpha value is -1.33. The van der Waals surface area contributed by atoms with Crippen LogP contribution in [0.4, 0.5) is 17.6 Å². The minimum absolute atomic E-state index is 0.205. The Labute approximate surface area is 139 Å². The third-order valence-electron chi connectivity index (χ3n) is 4.95. The number of alkyl halides is 4. The van der Waals surface area contributed by atoms with Gasteiger partial charge in [0.05, 0.1) is 0 Å². The highest BCUT2D eigenvalue weighted by Crippen LogP contribution is 2.48. The Kier molecular flexibility index (Phi) is 5.76. The van der Waals surface area contributed by atoms with Crippen LogP contribution in [0.1, 0.15) is 58.8 Å². The third-order valence-corrected chi connectivity index (χ3v) is 4.95. The van der Waals surface area contributed by atoms with Crippen molar-refractivity contribution in [3.8, 4) is 0 Å². The number of carbonyl (C=O) groups is 1. The highest BCUT2D eigenvalue weighted by molar-refractivity contribution is 5.92. The van der Waals surface area contributed by atoms with Gasteiger partial charge in [-0.2, -0.15) is 17.6 Å². The maximum absolute atomic E-state index is 14.1. The van der Waals surface area contributed by atoms with Crippen molar-refractivity contribution in [1.82, 2.24) is 0 Å². The summed E-state index contributed by atoms with van der Waals surface area (Å²) in [5.74, 6) is -9.66. The van der Waals surface area contributed by atoms with E-state index in [9.17, 15) is 22.4 Å². The molecule has 2 aliphatic carbocycles. The number of rotatable bonds is 5. The van der Waals surface area contributed by atoms with Crippen LogP contribution in [-0.4, -0.2) is 23.9 Å². The lowest BCUT2D eigenvalue weighted by Crippen LogP contribution is -2.47. The molecule has 0 amide bonds. The largest absolute Gasteiger partial charge is 0.459 e. The summed E-state index contributed by atoms with van der Waals surface area (Å²) in [6, 6.07) is 0. The molecule has 0 saturated heterocycles. The first kappa shape index (κ1) is 19.0. The van der Waals surface area contributed by atoms with Crippen molar-refractivity contribution in [2.45, 2.75) is 76.7 Å². The van der Waals surface area contributed by atoms with Crippen LogP contribution in [0.15, 0.2) is 23.3 Å². The van der Waals surface area contributed by atoms with Crippen LogP contribution in [0.3, 0.4) is 0 Å². The van der Waals surface area contributed by atoms with E-state index < -0.39 is 35.1 Å².